The fourth-order valence-corrected chi connectivity index (χ4v) is 3.54. The standard InChI is InChI=1S/C22H15Br3N2O2/c23-16-9-7-14(8-10-16)11-20(22(29)26-19-6-2-5-18(25)13-19)27-21(28)15-3-1-4-17(24)12-15/h1-13H,(H,26,29)(H,27,28)/b20-11+. The first-order chi connectivity index (χ1) is 13.9. The first-order valence-corrected chi connectivity index (χ1v) is 10.9. The van der Waals surface area contributed by atoms with Crippen LogP contribution in [0.1, 0.15) is 15.9 Å². The maximum atomic E-state index is 12.9. The molecule has 0 aliphatic heterocycles. The Morgan fingerprint density at radius 3 is 2.07 bits per heavy atom. The van der Waals surface area contributed by atoms with Gasteiger partial charge in [0, 0.05) is 24.7 Å². The van der Waals surface area contributed by atoms with Gasteiger partial charge in [-0.2, -0.15) is 0 Å². The van der Waals surface area contributed by atoms with E-state index in [2.05, 4.69) is 58.4 Å². The van der Waals surface area contributed by atoms with E-state index in [1.807, 2.05) is 42.5 Å². The van der Waals surface area contributed by atoms with Crippen molar-refractivity contribution in [2.24, 2.45) is 0 Å². The van der Waals surface area contributed by atoms with E-state index >= 15 is 0 Å². The average Bonchev–Trinajstić information content (AvgIpc) is 2.69. The van der Waals surface area contributed by atoms with Gasteiger partial charge in [0.05, 0.1) is 0 Å². The summed E-state index contributed by atoms with van der Waals surface area (Å²) in [7, 11) is 0. The van der Waals surface area contributed by atoms with Gasteiger partial charge in [-0.15, -0.1) is 0 Å². The molecule has 0 heterocycles. The van der Waals surface area contributed by atoms with E-state index < -0.39 is 5.91 Å². The molecule has 0 radical (unpaired) electrons. The predicted octanol–water partition coefficient (Wildman–Crippen LogP) is 6.38. The number of rotatable bonds is 5. The van der Waals surface area contributed by atoms with Gasteiger partial charge in [0.25, 0.3) is 11.8 Å². The summed E-state index contributed by atoms with van der Waals surface area (Å²) in [4.78, 5) is 25.6. The number of benzene rings is 3. The number of nitrogens with one attached hydrogen (secondary N) is 2. The minimum absolute atomic E-state index is 0.136. The molecular weight excluding hydrogens is 564 g/mol. The normalized spacial score (nSPS) is 11.1. The van der Waals surface area contributed by atoms with Gasteiger partial charge in [0.1, 0.15) is 5.70 Å². The zero-order valence-electron chi connectivity index (χ0n) is 15.0. The summed E-state index contributed by atoms with van der Waals surface area (Å²) in [6, 6.07) is 21.6. The molecule has 0 aromatic heterocycles. The molecule has 29 heavy (non-hydrogen) atoms. The van der Waals surface area contributed by atoms with Crippen molar-refractivity contribution < 1.29 is 9.59 Å². The smallest absolute Gasteiger partial charge is 0.272 e. The van der Waals surface area contributed by atoms with Crippen molar-refractivity contribution in [3.8, 4) is 0 Å². The SMILES string of the molecule is O=C(Nc1cccc(Br)c1)/C(=C\c1ccc(Br)cc1)NC(=O)c1cccc(Br)c1. The molecule has 0 spiro atoms. The third kappa shape index (κ3) is 6.39. The predicted molar refractivity (Wildman–Crippen MR) is 126 cm³/mol. The lowest BCUT2D eigenvalue weighted by molar-refractivity contribution is -0.113. The second-order valence-electron chi connectivity index (χ2n) is 6.04. The van der Waals surface area contributed by atoms with Crippen LogP contribution in [0.15, 0.2) is 91.9 Å². The summed E-state index contributed by atoms with van der Waals surface area (Å²) >= 11 is 10.1. The molecule has 4 nitrogen and oxygen atoms in total. The van der Waals surface area contributed by atoms with Crippen LogP contribution in [0.2, 0.25) is 0 Å². The third-order valence-corrected chi connectivity index (χ3v) is 5.36. The number of amides is 2. The van der Waals surface area contributed by atoms with Gasteiger partial charge in [-0.05, 0) is 60.2 Å². The van der Waals surface area contributed by atoms with Crippen LogP contribution >= 0.6 is 47.8 Å². The topological polar surface area (TPSA) is 58.2 Å². The van der Waals surface area contributed by atoms with Crippen molar-refractivity contribution in [1.29, 1.82) is 0 Å². The summed E-state index contributed by atoms with van der Waals surface area (Å²) in [5.74, 6) is -0.798. The Kier molecular flexibility index (Phi) is 7.41. The summed E-state index contributed by atoms with van der Waals surface area (Å²) in [6.45, 7) is 0. The molecule has 2 amide bonds. The van der Waals surface area contributed by atoms with Gasteiger partial charge >= 0.3 is 0 Å². The molecule has 3 aromatic carbocycles. The molecule has 0 aliphatic carbocycles. The summed E-state index contributed by atoms with van der Waals surface area (Å²) < 4.78 is 2.54. The maximum Gasteiger partial charge on any atom is 0.272 e. The van der Waals surface area contributed by atoms with Crippen molar-refractivity contribution in [3.63, 3.8) is 0 Å². The van der Waals surface area contributed by atoms with Crippen LogP contribution in [-0.2, 0) is 4.79 Å². The third-order valence-electron chi connectivity index (χ3n) is 3.84. The van der Waals surface area contributed by atoms with E-state index in [0.717, 1.165) is 19.0 Å². The minimum Gasteiger partial charge on any atom is -0.321 e. The number of hydrogen-bond acceptors (Lipinski definition) is 2. The lowest BCUT2D eigenvalue weighted by atomic mass is 10.1. The van der Waals surface area contributed by atoms with E-state index in [1.165, 1.54) is 0 Å². The van der Waals surface area contributed by atoms with E-state index in [-0.39, 0.29) is 11.6 Å². The summed E-state index contributed by atoms with van der Waals surface area (Å²) in [5, 5.41) is 5.54. The number of anilines is 1. The number of hydrogen-bond donors (Lipinski definition) is 2. The molecule has 2 N–H and O–H groups in total. The lowest BCUT2D eigenvalue weighted by Crippen LogP contribution is -2.30. The Labute approximate surface area is 193 Å². The first-order valence-electron chi connectivity index (χ1n) is 8.52. The number of halogens is 3. The maximum absolute atomic E-state index is 12.9. The van der Waals surface area contributed by atoms with E-state index in [4.69, 9.17) is 0 Å². The van der Waals surface area contributed by atoms with Crippen LogP contribution in [0.4, 0.5) is 5.69 Å². The van der Waals surface area contributed by atoms with E-state index in [1.54, 1.807) is 36.4 Å². The molecule has 0 bridgehead atoms. The molecule has 0 fully saturated rings. The molecular formula is C22H15Br3N2O2. The molecule has 0 saturated heterocycles. The van der Waals surface area contributed by atoms with Crippen LogP contribution < -0.4 is 10.6 Å². The van der Waals surface area contributed by atoms with E-state index in [9.17, 15) is 9.59 Å². The molecule has 0 atom stereocenters. The highest BCUT2D eigenvalue weighted by Gasteiger charge is 2.15. The van der Waals surface area contributed by atoms with Crippen molar-refractivity contribution in [3.05, 3.63) is 103 Å². The van der Waals surface area contributed by atoms with Crippen LogP contribution in [0.3, 0.4) is 0 Å². The van der Waals surface area contributed by atoms with Gasteiger partial charge in [-0.3, -0.25) is 9.59 Å². The molecule has 0 aliphatic rings. The van der Waals surface area contributed by atoms with Crippen molar-refractivity contribution in [2.45, 2.75) is 0 Å². The second kappa shape index (κ2) is 10.0. The van der Waals surface area contributed by atoms with E-state index in [0.29, 0.717) is 11.3 Å². The quantitative estimate of drug-likeness (QED) is 0.345. The molecule has 7 heteroatoms. The summed E-state index contributed by atoms with van der Waals surface area (Å²) in [5.41, 5.74) is 1.97. The van der Waals surface area contributed by atoms with Crippen LogP contribution in [-0.4, -0.2) is 11.8 Å². The molecule has 0 unspecified atom stereocenters. The Morgan fingerprint density at radius 2 is 1.41 bits per heavy atom. The first kappa shape index (κ1) is 21.5. The van der Waals surface area contributed by atoms with Crippen LogP contribution in [0.25, 0.3) is 6.08 Å². The van der Waals surface area contributed by atoms with Gasteiger partial charge in [-0.1, -0.05) is 72.1 Å². The Hall–Kier alpha value is -2.22. The molecule has 0 saturated carbocycles. The second-order valence-corrected chi connectivity index (χ2v) is 8.79. The molecule has 146 valence electrons. The summed E-state index contributed by atoms with van der Waals surface area (Å²) in [6.07, 6.45) is 1.63. The Balaban J connectivity index is 1.89. The van der Waals surface area contributed by atoms with Gasteiger partial charge in [-0.25, -0.2) is 0 Å². The van der Waals surface area contributed by atoms with Gasteiger partial charge in [0.15, 0.2) is 0 Å². The Bertz CT molecular complexity index is 1080. The molecule has 3 rings (SSSR count). The minimum atomic E-state index is -0.422. The monoisotopic (exact) mass is 576 g/mol. The number of carbonyl (C=O) groups excluding carboxylic acids is 2. The lowest BCUT2D eigenvalue weighted by Gasteiger charge is -2.12. The molecule has 3 aromatic rings. The van der Waals surface area contributed by atoms with Crippen molar-refractivity contribution in [1.82, 2.24) is 5.32 Å². The fraction of sp³-hybridized carbons (Fsp3) is 0. The van der Waals surface area contributed by atoms with Crippen LogP contribution in [0, 0.1) is 0 Å². The highest BCUT2D eigenvalue weighted by Crippen LogP contribution is 2.18. The fourth-order valence-electron chi connectivity index (χ4n) is 2.47. The van der Waals surface area contributed by atoms with Crippen molar-refractivity contribution >= 4 is 71.4 Å². The largest absolute Gasteiger partial charge is 0.321 e. The Morgan fingerprint density at radius 1 is 0.759 bits per heavy atom. The zero-order chi connectivity index (χ0) is 20.8. The van der Waals surface area contributed by atoms with Crippen molar-refractivity contribution in [2.75, 3.05) is 5.32 Å². The average molecular weight is 579 g/mol. The number of carbonyl (C=O) groups is 2. The zero-order valence-corrected chi connectivity index (χ0v) is 19.7. The van der Waals surface area contributed by atoms with Gasteiger partial charge < -0.3 is 10.6 Å². The van der Waals surface area contributed by atoms with Crippen LogP contribution in [0.5, 0.6) is 0 Å². The van der Waals surface area contributed by atoms with Gasteiger partial charge in [0.2, 0.25) is 0 Å². The highest BCUT2D eigenvalue weighted by molar-refractivity contribution is 9.11. The highest BCUT2D eigenvalue weighted by atomic mass is 79.9.